The molecule has 0 radical (unpaired) electrons. The summed E-state index contributed by atoms with van der Waals surface area (Å²) in [6.07, 6.45) is 0. The summed E-state index contributed by atoms with van der Waals surface area (Å²) >= 11 is 0. The number of oxime groups is 1. The minimum Gasteiger partial charge on any atom is -0.409 e. The van der Waals surface area contributed by atoms with Crippen LogP contribution in [0.1, 0.15) is 5.56 Å². The zero-order valence-corrected chi connectivity index (χ0v) is 6.46. The maximum absolute atomic E-state index is 13.0. The molecule has 0 saturated heterocycles. The van der Waals surface area contributed by atoms with E-state index in [-0.39, 0.29) is 11.3 Å². The molecule has 0 bridgehead atoms. The monoisotopic (exact) mass is 187 g/mol. The fourth-order valence-electron chi connectivity index (χ4n) is 0.816. The molecule has 0 spiro atoms. The van der Waals surface area contributed by atoms with Crippen LogP contribution in [0.2, 0.25) is 0 Å². The highest BCUT2D eigenvalue weighted by molar-refractivity contribution is 5.97. The fraction of sp³-hybridized carbons (Fsp3) is 0. The highest BCUT2D eigenvalue weighted by atomic mass is 19.2. The molecule has 0 heterocycles. The number of anilines is 1. The molecular formula is C7H7F2N3O. The largest absolute Gasteiger partial charge is 0.409 e. The lowest BCUT2D eigenvalue weighted by Gasteiger charge is -2.03. The van der Waals surface area contributed by atoms with Gasteiger partial charge < -0.3 is 16.7 Å². The Morgan fingerprint density at radius 1 is 1.31 bits per heavy atom. The highest BCUT2D eigenvalue weighted by Crippen LogP contribution is 2.17. The SMILES string of the molecule is N/C(=N\O)c1ccc(N)c(F)c1F. The number of rotatable bonds is 1. The van der Waals surface area contributed by atoms with Gasteiger partial charge in [-0.3, -0.25) is 0 Å². The standard InChI is InChI=1S/C7H7F2N3O/c8-5-3(7(11)12-13)1-2-4(10)6(5)9/h1-2,13H,10H2,(H2,11,12). The molecule has 1 aromatic carbocycles. The Hall–Kier alpha value is -1.85. The van der Waals surface area contributed by atoms with Gasteiger partial charge >= 0.3 is 0 Å². The van der Waals surface area contributed by atoms with Crippen molar-refractivity contribution in [1.29, 1.82) is 0 Å². The van der Waals surface area contributed by atoms with Crippen molar-refractivity contribution in [2.75, 3.05) is 5.73 Å². The van der Waals surface area contributed by atoms with Crippen LogP contribution in [-0.4, -0.2) is 11.0 Å². The van der Waals surface area contributed by atoms with E-state index in [0.29, 0.717) is 0 Å². The van der Waals surface area contributed by atoms with Crippen LogP contribution in [0.5, 0.6) is 0 Å². The van der Waals surface area contributed by atoms with E-state index >= 15 is 0 Å². The molecule has 1 rings (SSSR count). The average molecular weight is 187 g/mol. The topological polar surface area (TPSA) is 84.6 Å². The van der Waals surface area contributed by atoms with Gasteiger partial charge in [0.25, 0.3) is 0 Å². The van der Waals surface area contributed by atoms with Gasteiger partial charge in [-0.1, -0.05) is 5.16 Å². The van der Waals surface area contributed by atoms with Crippen LogP contribution in [0.25, 0.3) is 0 Å². The minimum atomic E-state index is -1.23. The molecule has 0 amide bonds. The fourth-order valence-corrected chi connectivity index (χ4v) is 0.816. The zero-order valence-electron chi connectivity index (χ0n) is 6.46. The third-order valence-electron chi connectivity index (χ3n) is 1.50. The first-order valence-electron chi connectivity index (χ1n) is 3.29. The maximum atomic E-state index is 13.0. The van der Waals surface area contributed by atoms with E-state index in [2.05, 4.69) is 5.16 Å². The molecule has 5 N–H and O–H groups in total. The van der Waals surface area contributed by atoms with E-state index in [4.69, 9.17) is 16.7 Å². The normalized spacial score (nSPS) is 11.7. The van der Waals surface area contributed by atoms with Crippen molar-refractivity contribution in [2.24, 2.45) is 10.9 Å². The second kappa shape index (κ2) is 3.26. The third kappa shape index (κ3) is 1.51. The van der Waals surface area contributed by atoms with E-state index in [1.807, 2.05) is 0 Å². The lowest BCUT2D eigenvalue weighted by atomic mass is 10.1. The van der Waals surface area contributed by atoms with Crippen LogP contribution in [0.4, 0.5) is 14.5 Å². The Kier molecular flexibility index (Phi) is 2.32. The summed E-state index contributed by atoms with van der Waals surface area (Å²) in [6, 6.07) is 2.26. The molecule has 1 aromatic rings. The predicted octanol–water partition coefficient (Wildman–Crippen LogP) is 0.642. The first kappa shape index (κ1) is 9.24. The molecular weight excluding hydrogens is 180 g/mol. The summed E-state index contributed by atoms with van der Waals surface area (Å²) in [6.45, 7) is 0. The molecule has 0 saturated carbocycles. The van der Waals surface area contributed by atoms with Gasteiger partial charge in [0.2, 0.25) is 0 Å². The molecule has 6 heteroatoms. The molecule has 0 aliphatic heterocycles. The van der Waals surface area contributed by atoms with Crippen LogP contribution in [0.15, 0.2) is 17.3 Å². The number of nitrogens with zero attached hydrogens (tertiary/aromatic N) is 1. The van der Waals surface area contributed by atoms with Crippen molar-refractivity contribution < 1.29 is 14.0 Å². The van der Waals surface area contributed by atoms with Crippen LogP contribution < -0.4 is 11.5 Å². The minimum absolute atomic E-state index is 0.325. The summed E-state index contributed by atoms with van der Waals surface area (Å²) < 4.78 is 25.8. The molecule has 4 nitrogen and oxygen atoms in total. The summed E-state index contributed by atoms with van der Waals surface area (Å²) in [5, 5.41) is 10.8. The summed E-state index contributed by atoms with van der Waals surface area (Å²) in [4.78, 5) is 0. The van der Waals surface area contributed by atoms with Crippen LogP contribution in [0, 0.1) is 11.6 Å². The van der Waals surface area contributed by atoms with Gasteiger partial charge in [0.1, 0.15) is 0 Å². The number of halogens is 2. The van der Waals surface area contributed by atoms with Crippen molar-refractivity contribution in [1.82, 2.24) is 0 Å². The Labute approximate surface area is 72.5 Å². The van der Waals surface area contributed by atoms with Crippen molar-refractivity contribution in [3.05, 3.63) is 29.3 Å². The van der Waals surface area contributed by atoms with Crippen molar-refractivity contribution >= 4 is 11.5 Å². The van der Waals surface area contributed by atoms with Gasteiger partial charge in [0.15, 0.2) is 17.5 Å². The number of nitrogens with two attached hydrogens (primary N) is 2. The first-order chi connectivity index (χ1) is 6.07. The number of nitrogen functional groups attached to an aromatic ring is 1. The lowest BCUT2D eigenvalue weighted by molar-refractivity contribution is 0.318. The summed E-state index contributed by atoms with van der Waals surface area (Å²) in [5.74, 6) is -2.93. The molecule has 70 valence electrons. The van der Waals surface area contributed by atoms with Gasteiger partial charge in [-0.25, -0.2) is 8.78 Å². The molecule has 0 aliphatic rings. The van der Waals surface area contributed by atoms with Gasteiger partial charge in [0.05, 0.1) is 11.3 Å². The Morgan fingerprint density at radius 3 is 2.46 bits per heavy atom. The van der Waals surface area contributed by atoms with E-state index in [0.717, 1.165) is 12.1 Å². The van der Waals surface area contributed by atoms with E-state index in [9.17, 15) is 8.78 Å². The quantitative estimate of drug-likeness (QED) is 0.198. The van der Waals surface area contributed by atoms with Crippen LogP contribution in [-0.2, 0) is 0 Å². The molecule has 0 unspecified atom stereocenters. The zero-order chi connectivity index (χ0) is 10.0. The van der Waals surface area contributed by atoms with Crippen molar-refractivity contribution in [2.45, 2.75) is 0 Å². The summed E-state index contributed by atoms with van der Waals surface area (Å²) in [5.41, 5.74) is 9.49. The van der Waals surface area contributed by atoms with E-state index < -0.39 is 17.5 Å². The highest BCUT2D eigenvalue weighted by Gasteiger charge is 2.13. The molecule has 0 fully saturated rings. The van der Waals surface area contributed by atoms with Gasteiger partial charge in [0, 0.05) is 0 Å². The molecule has 0 atom stereocenters. The first-order valence-corrected chi connectivity index (χ1v) is 3.29. The average Bonchev–Trinajstić information content (AvgIpc) is 2.13. The van der Waals surface area contributed by atoms with E-state index in [1.54, 1.807) is 0 Å². The van der Waals surface area contributed by atoms with Crippen molar-refractivity contribution in [3.8, 4) is 0 Å². The Morgan fingerprint density at radius 2 is 1.92 bits per heavy atom. The van der Waals surface area contributed by atoms with Crippen molar-refractivity contribution in [3.63, 3.8) is 0 Å². The summed E-state index contributed by atoms with van der Waals surface area (Å²) in [7, 11) is 0. The van der Waals surface area contributed by atoms with Gasteiger partial charge in [-0.2, -0.15) is 0 Å². The van der Waals surface area contributed by atoms with Gasteiger partial charge in [-0.15, -0.1) is 0 Å². The Bertz CT molecular complexity index is 365. The smallest absolute Gasteiger partial charge is 0.182 e. The Balaban J connectivity index is 3.34. The molecule has 0 aromatic heterocycles. The maximum Gasteiger partial charge on any atom is 0.182 e. The molecule has 13 heavy (non-hydrogen) atoms. The molecule has 0 aliphatic carbocycles. The predicted molar refractivity (Wildman–Crippen MR) is 43.3 cm³/mol. The number of amidine groups is 1. The lowest BCUT2D eigenvalue weighted by Crippen LogP contribution is -2.16. The van der Waals surface area contributed by atoms with Crippen LogP contribution >= 0.6 is 0 Å². The second-order valence-electron chi connectivity index (χ2n) is 2.32. The number of hydrogen-bond acceptors (Lipinski definition) is 3. The third-order valence-corrected chi connectivity index (χ3v) is 1.50. The van der Waals surface area contributed by atoms with Crippen LogP contribution in [0.3, 0.4) is 0 Å². The number of hydrogen-bond donors (Lipinski definition) is 3. The second-order valence-corrected chi connectivity index (χ2v) is 2.32. The van der Waals surface area contributed by atoms with E-state index in [1.165, 1.54) is 0 Å². The number of benzene rings is 1. The van der Waals surface area contributed by atoms with Gasteiger partial charge in [-0.05, 0) is 12.1 Å².